The first-order valence-corrected chi connectivity index (χ1v) is 11.8. The van der Waals surface area contributed by atoms with E-state index in [2.05, 4.69) is 34.9 Å². The van der Waals surface area contributed by atoms with Gasteiger partial charge in [-0.1, -0.05) is 48.5 Å². The molecule has 0 bridgehead atoms. The van der Waals surface area contributed by atoms with Crippen molar-refractivity contribution in [3.63, 3.8) is 0 Å². The molecule has 1 aliphatic carbocycles. The average molecular weight is 483 g/mol. The minimum atomic E-state index is -1.11. The summed E-state index contributed by atoms with van der Waals surface area (Å²) in [7, 11) is 0. The summed E-state index contributed by atoms with van der Waals surface area (Å²) in [5.74, 6) is -1.51. The van der Waals surface area contributed by atoms with E-state index in [1.54, 1.807) is 6.92 Å². The molecular weight excluding hydrogens is 452 g/mol. The standard InChI is InChI=1S/C26H30N2O7/c1-2-33-16(13-23(29)28-22-11-12-34-24(22)25(30)31)14-27-26(32)35-15-21-19-9-5-3-7-17(19)18-8-4-6-10-20(18)21/h3-10,16,21-22,24H,2,11-15H2,1H3,(H,27,32)(H,28,29)(H,30,31)/t16?,22-,24+/m1/s1. The third-order valence-electron chi connectivity index (χ3n) is 6.31. The van der Waals surface area contributed by atoms with Crippen LogP contribution in [0.4, 0.5) is 4.79 Å². The fraction of sp³-hybridized carbons (Fsp3) is 0.423. The topological polar surface area (TPSA) is 123 Å². The molecule has 1 saturated heterocycles. The van der Waals surface area contributed by atoms with Crippen LogP contribution in [0.1, 0.15) is 36.8 Å². The fourth-order valence-electron chi connectivity index (χ4n) is 4.73. The number of hydrogen-bond acceptors (Lipinski definition) is 6. The molecule has 0 radical (unpaired) electrons. The average Bonchev–Trinajstić information content (AvgIpc) is 3.44. The summed E-state index contributed by atoms with van der Waals surface area (Å²) in [5.41, 5.74) is 4.55. The van der Waals surface area contributed by atoms with Crippen molar-refractivity contribution >= 4 is 18.0 Å². The van der Waals surface area contributed by atoms with Crippen molar-refractivity contribution in [2.24, 2.45) is 0 Å². The Balaban J connectivity index is 1.28. The van der Waals surface area contributed by atoms with Crippen LogP contribution in [0.3, 0.4) is 0 Å². The number of benzene rings is 2. The predicted molar refractivity (Wildman–Crippen MR) is 127 cm³/mol. The Morgan fingerprint density at radius 1 is 1.09 bits per heavy atom. The molecule has 2 amide bonds. The highest BCUT2D eigenvalue weighted by molar-refractivity contribution is 5.80. The molecule has 3 atom stereocenters. The van der Waals surface area contributed by atoms with Crippen molar-refractivity contribution < 1.29 is 33.7 Å². The lowest BCUT2D eigenvalue weighted by atomic mass is 9.98. The Labute approximate surface area is 203 Å². The molecule has 186 valence electrons. The van der Waals surface area contributed by atoms with Crippen LogP contribution in [0.15, 0.2) is 48.5 Å². The minimum Gasteiger partial charge on any atom is -0.479 e. The molecule has 1 fully saturated rings. The number of nitrogens with one attached hydrogen (secondary N) is 2. The van der Waals surface area contributed by atoms with Gasteiger partial charge in [-0.2, -0.15) is 0 Å². The summed E-state index contributed by atoms with van der Waals surface area (Å²) in [5, 5.41) is 14.6. The second-order valence-corrected chi connectivity index (χ2v) is 8.58. The van der Waals surface area contributed by atoms with Crippen LogP contribution < -0.4 is 10.6 Å². The molecule has 0 saturated carbocycles. The van der Waals surface area contributed by atoms with E-state index >= 15 is 0 Å². The minimum absolute atomic E-state index is 0.0274. The van der Waals surface area contributed by atoms with Gasteiger partial charge in [-0.15, -0.1) is 0 Å². The maximum Gasteiger partial charge on any atom is 0.407 e. The van der Waals surface area contributed by atoms with Gasteiger partial charge >= 0.3 is 12.1 Å². The summed E-state index contributed by atoms with van der Waals surface area (Å²) in [6.07, 6.45) is -1.82. The van der Waals surface area contributed by atoms with E-state index in [-0.39, 0.29) is 38.0 Å². The lowest BCUT2D eigenvalue weighted by Crippen LogP contribution is -2.46. The molecule has 2 aromatic rings. The lowest BCUT2D eigenvalue weighted by molar-refractivity contribution is -0.148. The highest BCUT2D eigenvalue weighted by Crippen LogP contribution is 2.44. The summed E-state index contributed by atoms with van der Waals surface area (Å²) in [6.45, 7) is 2.71. The van der Waals surface area contributed by atoms with Crippen molar-refractivity contribution in [1.82, 2.24) is 10.6 Å². The number of carbonyl (C=O) groups is 3. The van der Waals surface area contributed by atoms with Gasteiger partial charge < -0.3 is 30.0 Å². The number of carboxylic acids is 1. The molecule has 2 aromatic carbocycles. The predicted octanol–water partition coefficient (Wildman–Crippen LogP) is 2.68. The van der Waals surface area contributed by atoms with Gasteiger partial charge in [0.25, 0.3) is 0 Å². The van der Waals surface area contributed by atoms with Gasteiger partial charge in [-0.3, -0.25) is 4.79 Å². The molecule has 0 spiro atoms. The number of rotatable bonds is 10. The van der Waals surface area contributed by atoms with E-state index in [1.165, 1.54) is 0 Å². The third kappa shape index (κ3) is 5.80. The van der Waals surface area contributed by atoms with Crippen molar-refractivity contribution in [2.75, 3.05) is 26.4 Å². The van der Waals surface area contributed by atoms with Gasteiger partial charge in [0.15, 0.2) is 6.10 Å². The first kappa shape index (κ1) is 24.7. The van der Waals surface area contributed by atoms with Crippen LogP contribution in [0.5, 0.6) is 0 Å². The zero-order chi connectivity index (χ0) is 24.8. The number of aliphatic carboxylic acids is 1. The van der Waals surface area contributed by atoms with E-state index < -0.39 is 30.3 Å². The van der Waals surface area contributed by atoms with Crippen LogP contribution in [0.2, 0.25) is 0 Å². The summed E-state index contributed by atoms with van der Waals surface area (Å²) >= 11 is 0. The van der Waals surface area contributed by atoms with E-state index in [0.29, 0.717) is 13.0 Å². The van der Waals surface area contributed by atoms with Gasteiger partial charge in [0.2, 0.25) is 5.91 Å². The smallest absolute Gasteiger partial charge is 0.407 e. The Bertz CT molecular complexity index is 1030. The van der Waals surface area contributed by atoms with E-state index in [4.69, 9.17) is 14.2 Å². The molecule has 1 unspecified atom stereocenters. The fourth-order valence-corrected chi connectivity index (χ4v) is 4.73. The van der Waals surface area contributed by atoms with Crippen molar-refractivity contribution in [3.05, 3.63) is 59.7 Å². The van der Waals surface area contributed by atoms with Gasteiger partial charge in [0.05, 0.1) is 18.6 Å². The summed E-state index contributed by atoms with van der Waals surface area (Å²) in [4.78, 5) is 36.1. The molecule has 3 N–H and O–H groups in total. The summed E-state index contributed by atoms with van der Waals surface area (Å²) < 4.78 is 16.3. The van der Waals surface area contributed by atoms with Gasteiger partial charge in [0, 0.05) is 25.7 Å². The van der Waals surface area contributed by atoms with Crippen molar-refractivity contribution in [3.8, 4) is 11.1 Å². The van der Waals surface area contributed by atoms with Crippen molar-refractivity contribution in [1.29, 1.82) is 0 Å². The second kappa shape index (κ2) is 11.3. The number of ether oxygens (including phenoxy) is 3. The highest BCUT2D eigenvalue weighted by Gasteiger charge is 2.35. The van der Waals surface area contributed by atoms with Crippen LogP contribution in [-0.4, -0.2) is 67.7 Å². The maximum atomic E-state index is 12.4. The molecule has 9 heteroatoms. The molecule has 9 nitrogen and oxygen atoms in total. The zero-order valence-corrected chi connectivity index (χ0v) is 19.6. The van der Waals surface area contributed by atoms with Gasteiger partial charge in [0.1, 0.15) is 6.61 Å². The Kier molecular flexibility index (Phi) is 7.99. The van der Waals surface area contributed by atoms with E-state index in [1.807, 2.05) is 24.3 Å². The molecule has 2 aliphatic rings. The number of amides is 2. The molecular formula is C26H30N2O7. The highest BCUT2D eigenvalue weighted by atomic mass is 16.5. The van der Waals surface area contributed by atoms with E-state index in [9.17, 15) is 19.5 Å². The summed E-state index contributed by atoms with van der Waals surface area (Å²) in [6, 6.07) is 15.6. The van der Waals surface area contributed by atoms with E-state index in [0.717, 1.165) is 22.3 Å². The van der Waals surface area contributed by atoms with Crippen LogP contribution in [0, 0.1) is 0 Å². The Morgan fingerprint density at radius 2 is 1.74 bits per heavy atom. The first-order chi connectivity index (χ1) is 17.0. The monoisotopic (exact) mass is 482 g/mol. The number of carbonyl (C=O) groups excluding carboxylic acids is 2. The normalized spacial score (nSPS) is 19.5. The SMILES string of the molecule is CCOC(CNC(=O)OCC1c2ccccc2-c2ccccc21)CC(=O)N[C@@H]1CCO[C@@H]1C(=O)O. The molecule has 1 heterocycles. The van der Waals surface area contributed by atoms with Crippen LogP contribution >= 0.6 is 0 Å². The van der Waals surface area contributed by atoms with Gasteiger partial charge in [-0.25, -0.2) is 9.59 Å². The number of hydrogen-bond donors (Lipinski definition) is 3. The Morgan fingerprint density at radius 3 is 2.37 bits per heavy atom. The molecule has 35 heavy (non-hydrogen) atoms. The quantitative estimate of drug-likeness (QED) is 0.476. The molecule has 4 rings (SSSR count). The first-order valence-electron chi connectivity index (χ1n) is 11.8. The number of carboxylic acid groups (broad SMARTS) is 1. The van der Waals surface area contributed by atoms with Crippen LogP contribution in [-0.2, 0) is 23.8 Å². The number of alkyl carbamates (subject to hydrolysis) is 1. The zero-order valence-electron chi connectivity index (χ0n) is 19.6. The molecule has 1 aliphatic heterocycles. The second-order valence-electron chi connectivity index (χ2n) is 8.58. The Hall–Kier alpha value is -3.43. The van der Waals surface area contributed by atoms with Crippen molar-refractivity contribution in [2.45, 2.75) is 43.9 Å². The molecule has 0 aromatic heterocycles. The third-order valence-corrected chi connectivity index (χ3v) is 6.31. The number of fused-ring (bicyclic) bond motifs is 3. The van der Waals surface area contributed by atoms with Crippen LogP contribution in [0.25, 0.3) is 11.1 Å². The maximum absolute atomic E-state index is 12.4. The largest absolute Gasteiger partial charge is 0.479 e. The lowest BCUT2D eigenvalue weighted by Gasteiger charge is -2.21. The van der Waals surface area contributed by atoms with Gasteiger partial charge in [-0.05, 0) is 35.6 Å².